The second kappa shape index (κ2) is 13.1. The van der Waals surface area contributed by atoms with Gasteiger partial charge in [0.25, 0.3) is 0 Å². The van der Waals surface area contributed by atoms with E-state index in [4.69, 9.17) is 15.0 Å². The van der Waals surface area contributed by atoms with E-state index >= 15 is 0 Å². The first-order chi connectivity index (χ1) is 26.3. The summed E-state index contributed by atoms with van der Waals surface area (Å²) in [4.78, 5) is 15.5. The SMILES string of the molecule is c1ccc(-c2cccc(-c3cccc(-c4ccc(-c5nc(-c6ccccc6)nc(-c6cccc7c6sc6ccccc67)n5)c5ccccc45)c3)c2)cc1. The maximum Gasteiger partial charge on any atom is 0.165 e. The molecular formula is C49H31N3S. The fraction of sp³-hybridized carbons (Fsp3) is 0. The molecule has 53 heavy (non-hydrogen) atoms. The maximum absolute atomic E-state index is 5.24. The summed E-state index contributed by atoms with van der Waals surface area (Å²) in [5.41, 5.74) is 10.1. The minimum atomic E-state index is 0.654. The molecule has 0 radical (unpaired) electrons. The molecule has 2 aromatic heterocycles. The van der Waals surface area contributed by atoms with E-state index in [0.29, 0.717) is 17.5 Å². The molecule has 0 aliphatic heterocycles. The molecule has 0 fully saturated rings. The van der Waals surface area contributed by atoms with Crippen molar-refractivity contribution in [3.63, 3.8) is 0 Å². The van der Waals surface area contributed by atoms with E-state index in [9.17, 15) is 0 Å². The number of thiophene rings is 1. The van der Waals surface area contributed by atoms with Gasteiger partial charge in [-0.2, -0.15) is 0 Å². The number of hydrogen-bond donors (Lipinski definition) is 0. The summed E-state index contributed by atoms with van der Waals surface area (Å²) in [6.07, 6.45) is 0. The summed E-state index contributed by atoms with van der Waals surface area (Å²) in [6, 6.07) is 66.4. The summed E-state index contributed by atoms with van der Waals surface area (Å²) >= 11 is 1.79. The van der Waals surface area contributed by atoms with Crippen molar-refractivity contribution < 1.29 is 0 Å². The Morgan fingerprint density at radius 2 is 0.755 bits per heavy atom. The Morgan fingerprint density at radius 3 is 1.49 bits per heavy atom. The molecular weight excluding hydrogens is 663 g/mol. The first kappa shape index (κ1) is 31.0. The number of fused-ring (bicyclic) bond motifs is 4. The van der Waals surface area contributed by atoms with Crippen molar-refractivity contribution in [2.75, 3.05) is 0 Å². The third kappa shape index (κ3) is 5.66. The molecule has 0 aliphatic rings. The van der Waals surface area contributed by atoms with Crippen LogP contribution in [-0.2, 0) is 0 Å². The van der Waals surface area contributed by atoms with Gasteiger partial charge >= 0.3 is 0 Å². The Labute approximate surface area is 311 Å². The minimum Gasteiger partial charge on any atom is -0.208 e. The zero-order chi connectivity index (χ0) is 35.1. The lowest BCUT2D eigenvalue weighted by atomic mass is 9.92. The van der Waals surface area contributed by atoms with Crippen molar-refractivity contribution in [3.05, 3.63) is 188 Å². The van der Waals surface area contributed by atoms with Crippen molar-refractivity contribution in [1.82, 2.24) is 15.0 Å². The number of rotatable bonds is 6. The molecule has 0 unspecified atom stereocenters. The summed E-state index contributed by atoms with van der Waals surface area (Å²) in [6.45, 7) is 0. The Hall–Kier alpha value is -6.75. The normalized spacial score (nSPS) is 11.4. The van der Waals surface area contributed by atoms with Crippen LogP contribution in [0.4, 0.5) is 0 Å². The maximum atomic E-state index is 5.24. The lowest BCUT2D eigenvalue weighted by Crippen LogP contribution is -2.01. The van der Waals surface area contributed by atoms with Crippen LogP contribution >= 0.6 is 11.3 Å². The standard InChI is InChI=1S/C49H31N3S/c1-3-14-32(15-4-1)34-18-11-19-35(30-34)36-20-12-21-37(31-36)38-28-29-43(40-23-8-7-22-39(38)40)48-50-47(33-16-5-2-6-17-33)51-49(52-48)44-26-13-25-42-41-24-9-10-27-45(41)53-46(42)44/h1-31H. The summed E-state index contributed by atoms with van der Waals surface area (Å²) in [7, 11) is 0. The van der Waals surface area contributed by atoms with Crippen molar-refractivity contribution in [1.29, 1.82) is 0 Å². The molecule has 0 N–H and O–H groups in total. The molecule has 2 heterocycles. The van der Waals surface area contributed by atoms with E-state index < -0.39 is 0 Å². The van der Waals surface area contributed by atoms with Crippen molar-refractivity contribution in [3.8, 4) is 67.5 Å². The molecule has 10 rings (SSSR count). The Bertz CT molecular complexity index is 2950. The van der Waals surface area contributed by atoms with Gasteiger partial charge in [-0.25, -0.2) is 15.0 Å². The van der Waals surface area contributed by atoms with Gasteiger partial charge in [0.15, 0.2) is 17.5 Å². The van der Waals surface area contributed by atoms with Crippen LogP contribution in [0.1, 0.15) is 0 Å². The highest BCUT2D eigenvalue weighted by Gasteiger charge is 2.18. The molecule has 3 nitrogen and oxygen atoms in total. The van der Waals surface area contributed by atoms with Crippen LogP contribution in [0.3, 0.4) is 0 Å². The highest BCUT2D eigenvalue weighted by atomic mass is 32.1. The number of benzene rings is 8. The predicted octanol–water partition coefficient (Wildman–Crippen LogP) is 13.4. The Kier molecular flexibility index (Phi) is 7.67. The molecule has 10 aromatic rings. The van der Waals surface area contributed by atoms with Crippen LogP contribution in [0, 0.1) is 0 Å². The van der Waals surface area contributed by atoms with E-state index in [-0.39, 0.29) is 0 Å². The van der Waals surface area contributed by atoms with Gasteiger partial charge in [-0.1, -0.05) is 158 Å². The largest absolute Gasteiger partial charge is 0.208 e. The average Bonchev–Trinajstić information content (AvgIpc) is 3.63. The summed E-state index contributed by atoms with van der Waals surface area (Å²) in [5, 5.41) is 4.71. The third-order valence-electron chi connectivity index (χ3n) is 9.95. The Balaban J connectivity index is 1.12. The number of aromatic nitrogens is 3. The second-order valence-electron chi connectivity index (χ2n) is 13.2. The molecule has 0 saturated heterocycles. The lowest BCUT2D eigenvalue weighted by molar-refractivity contribution is 1.08. The average molecular weight is 694 g/mol. The van der Waals surface area contributed by atoms with Gasteiger partial charge < -0.3 is 0 Å². The Morgan fingerprint density at radius 1 is 0.283 bits per heavy atom. The number of hydrogen-bond acceptors (Lipinski definition) is 4. The van der Waals surface area contributed by atoms with Crippen LogP contribution in [0.2, 0.25) is 0 Å². The van der Waals surface area contributed by atoms with Crippen molar-refractivity contribution >= 4 is 42.3 Å². The molecule has 0 aliphatic carbocycles. The van der Waals surface area contributed by atoms with Gasteiger partial charge in [-0.05, 0) is 74.5 Å². The molecule has 0 amide bonds. The van der Waals surface area contributed by atoms with E-state index in [0.717, 1.165) is 38.6 Å². The van der Waals surface area contributed by atoms with Gasteiger partial charge in [0.05, 0.1) is 0 Å². The fourth-order valence-electron chi connectivity index (χ4n) is 7.38. The monoisotopic (exact) mass is 693 g/mol. The smallest absolute Gasteiger partial charge is 0.165 e. The van der Waals surface area contributed by atoms with Crippen LogP contribution in [0.5, 0.6) is 0 Å². The van der Waals surface area contributed by atoms with Crippen LogP contribution in [0.15, 0.2) is 188 Å². The quantitative estimate of drug-likeness (QED) is 0.174. The van der Waals surface area contributed by atoms with E-state index in [2.05, 4.69) is 170 Å². The van der Waals surface area contributed by atoms with Gasteiger partial charge in [0.2, 0.25) is 0 Å². The molecule has 0 atom stereocenters. The molecule has 0 bridgehead atoms. The van der Waals surface area contributed by atoms with Gasteiger partial charge in [-0.15, -0.1) is 11.3 Å². The predicted molar refractivity (Wildman–Crippen MR) is 223 cm³/mol. The highest BCUT2D eigenvalue weighted by Crippen LogP contribution is 2.41. The number of nitrogens with zero attached hydrogens (tertiary/aromatic N) is 3. The second-order valence-corrected chi connectivity index (χ2v) is 14.2. The van der Waals surface area contributed by atoms with Gasteiger partial charge in [0, 0.05) is 36.9 Å². The zero-order valence-electron chi connectivity index (χ0n) is 28.6. The fourth-order valence-corrected chi connectivity index (χ4v) is 8.59. The molecule has 8 aromatic carbocycles. The topological polar surface area (TPSA) is 38.7 Å². The van der Waals surface area contributed by atoms with E-state index in [1.165, 1.54) is 42.4 Å². The van der Waals surface area contributed by atoms with E-state index in [1.807, 2.05) is 18.2 Å². The van der Waals surface area contributed by atoms with E-state index in [1.54, 1.807) is 11.3 Å². The summed E-state index contributed by atoms with van der Waals surface area (Å²) in [5.74, 6) is 1.98. The first-order valence-corrected chi connectivity index (χ1v) is 18.6. The van der Waals surface area contributed by atoms with Crippen LogP contribution < -0.4 is 0 Å². The minimum absolute atomic E-state index is 0.654. The van der Waals surface area contributed by atoms with Crippen LogP contribution in [0.25, 0.3) is 98.5 Å². The molecule has 248 valence electrons. The summed E-state index contributed by atoms with van der Waals surface area (Å²) < 4.78 is 2.43. The van der Waals surface area contributed by atoms with Gasteiger partial charge in [0.1, 0.15) is 0 Å². The lowest BCUT2D eigenvalue weighted by Gasteiger charge is -2.14. The first-order valence-electron chi connectivity index (χ1n) is 17.8. The highest BCUT2D eigenvalue weighted by molar-refractivity contribution is 7.26. The van der Waals surface area contributed by atoms with Crippen molar-refractivity contribution in [2.45, 2.75) is 0 Å². The molecule has 0 saturated carbocycles. The van der Waals surface area contributed by atoms with Crippen LogP contribution in [-0.4, -0.2) is 15.0 Å². The van der Waals surface area contributed by atoms with Gasteiger partial charge in [-0.3, -0.25) is 0 Å². The third-order valence-corrected chi connectivity index (χ3v) is 11.2. The molecule has 0 spiro atoms. The zero-order valence-corrected chi connectivity index (χ0v) is 29.5. The molecule has 4 heteroatoms. The van der Waals surface area contributed by atoms with Crippen molar-refractivity contribution in [2.24, 2.45) is 0 Å².